The van der Waals surface area contributed by atoms with Gasteiger partial charge in [-0.1, -0.05) is 59.7 Å². The lowest BCUT2D eigenvalue weighted by atomic mass is 10.0. The molecule has 0 amide bonds. The molecule has 214 valence electrons. The first-order valence-electron chi connectivity index (χ1n) is 13.0. The first-order valence-corrected chi connectivity index (χ1v) is 16.1. The Hall–Kier alpha value is -3.95. The average Bonchev–Trinajstić information content (AvgIpc) is 2.92. The molecule has 0 unspecified atom stereocenters. The van der Waals surface area contributed by atoms with Gasteiger partial charge in [-0.3, -0.25) is 4.31 Å². The van der Waals surface area contributed by atoms with Crippen molar-refractivity contribution in [3.63, 3.8) is 0 Å². The van der Waals surface area contributed by atoms with Crippen molar-refractivity contribution in [3.8, 4) is 0 Å². The van der Waals surface area contributed by atoms with Crippen LogP contribution in [-0.2, 0) is 41.7 Å². The molecule has 4 rings (SSSR count). The molecule has 0 aliphatic rings. The Morgan fingerprint density at radius 3 is 1.71 bits per heavy atom. The highest BCUT2D eigenvalue weighted by Crippen LogP contribution is 2.31. The molecule has 0 heterocycles. The summed E-state index contributed by atoms with van der Waals surface area (Å²) in [6.45, 7) is 6.71. The fraction of sp³-hybridized carbons (Fsp3) is 0.219. The molecule has 0 spiro atoms. The van der Waals surface area contributed by atoms with E-state index in [4.69, 9.17) is 4.74 Å². The Balaban J connectivity index is 1.92. The van der Waals surface area contributed by atoms with E-state index in [-0.39, 0.29) is 27.8 Å². The summed E-state index contributed by atoms with van der Waals surface area (Å²) in [5.74, 6) is -1.16. The third kappa shape index (κ3) is 6.52. The topological polar surface area (TPSA) is 97.8 Å². The van der Waals surface area contributed by atoms with Crippen LogP contribution in [0.2, 0.25) is 0 Å². The van der Waals surface area contributed by atoms with E-state index in [0.29, 0.717) is 16.7 Å². The van der Waals surface area contributed by atoms with Crippen LogP contribution in [0.1, 0.15) is 36.1 Å². The predicted molar refractivity (Wildman–Crippen MR) is 160 cm³/mol. The van der Waals surface area contributed by atoms with Crippen molar-refractivity contribution in [1.82, 2.24) is 4.31 Å². The number of benzene rings is 4. The molecule has 7 nitrogen and oxygen atoms in total. The minimum atomic E-state index is -4.26. The van der Waals surface area contributed by atoms with Gasteiger partial charge in [0.15, 0.2) is 9.84 Å². The quantitative estimate of drug-likeness (QED) is 0.173. The van der Waals surface area contributed by atoms with Crippen molar-refractivity contribution in [3.05, 3.63) is 118 Å². The second-order valence-electron chi connectivity index (χ2n) is 10.2. The SMILES string of the molecule is COC(=O)C(=C(C)C)N(Cc1cc2ccccc2cc1CS(=O)(=O)c1ccc(C)cc1)S(=O)(=O)c1ccc(C)cc1. The van der Waals surface area contributed by atoms with Crippen molar-refractivity contribution in [2.45, 2.75) is 49.8 Å². The van der Waals surface area contributed by atoms with Gasteiger partial charge >= 0.3 is 5.97 Å². The molecule has 0 bridgehead atoms. The fourth-order valence-corrected chi connectivity index (χ4v) is 7.51. The zero-order chi connectivity index (χ0) is 29.9. The Kier molecular flexibility index (Phi) is 8.70. The van der Waals surface area contributed by atoms with Crippen LogP contribution in [0.4, 0.5) is 0 Å². The Morgan fingerprint density at radius 2 is 1.22 bits per heavy atom. The molecule has 0 aliphatic heterocycles. The standard InChI is InChI=1S/C32H33NO6S2/c1-22(2)31(32(34)39-5)33(41(37,38)30-16-12-24(4)13-17-30)20-27-18-25-8-6-7-9-26(25)19-28(27)21-40(35,36)29-14-10-23(3)11-15-29/h6-19H,20-21H2,1-5H3. The number of carbonyl (C=O) groups is 1. The molecule has 4 aromatic carbocycles. The normalized spacial score (nSPS) is 11.7. The van der Waals surface area contributed by atoms with E-state index in [1.807, 2.05) is 38.1 Å². The summed E-state index contributed by atoms with van der Waals surface area (Å²) in [6.07, 6.45) is 0. The van der Waals surface area contributed by atoms with Crippen molar-refractivity contribution in [2.24, 2.45) is 0 Å². The Labute approximate surface area is 242 Å². The van der Waals surface area contributed by atoms with Gasteiger partial charge in [0.25, 0.3) is 10.0 Å². The molecule has 0 aromatic heterocycles. The van der Waals surface area contributed by atoms with Crippen molar-refractivity contribution in [2.75, 3.05) is 7.11 Å². The molecule has 41 heavy (non-hydrogen) atoms. The zero-order valence-corrected chi connectivity index (χ0v) is 25.3. The van der Waals surface area contributed by atoms with Gasteiger partial charge in [-0.25, -0.2) is 21.6 Å². The summed E-state index contributed by atoms with van der Waals surface area (Å²) in [4.78, 5) is 13.1. The van der Waals surface area contributed by atoms with E-state index >= 15 is 0 Å². The zero-order valence-electron chi connectivity index (χ0n) is 23.7. The number of fused-ring (bicyclic) bond motifs is 1. The van der Waals surface area contributed by atoms with E-state index in [2.05, 4.69) is 0 Å². The van der Waals surface area contributed by atoms with Gasteiger partial charge in [0, 0.05) is 0 Å². The molecule has 0 atom stereocenters. The summed E-state index contributed by atoms with van der Waals surface area (Å²) >= 11 is 0. The van der Waals surface area contributed by atoms with Crippen LogP contribution < -0.4 is 0 Å². The molecule has 0 saturated heterocycles. The van der Waals surface area contributed by atoms with E-state index in [1.54, 1.807) is 62.4 Å². The minimum absolute atomic E-state index is 0.000342. The van der Waals surface area contributed by atoms with Gasteiger partial charge in [-0.05, 0) is 91.6 Å². The minimum Gasteiger partial charge on any atom is -0.464 e. The highest BCUT2D eigenvalue weighted by Gasteiger charge is 2.33. The summed E-state index contributed by atoms with van der Waals surface area (Å²) in [6, 6.07) is 24.0. The second kappa shape index (κ2) is 11.9. The number of hydrogen-bond acceptors (Lipinski definition) is 6. The maximum atomic E-state index is 14.1. The van der Waals surface area contributed by atoms with Gasteiger partial charge in [0.05, 0.1) is 29.2 Å². The average molecular weight is 592 g/mol. The predicted octanol–water partition coefficient (Wildman–Crippen LogP) is 6.09. The lowest BCUT2D eigenvalue weighted by Gasteiger charge is -2.28. The van der Waals surface area contributed by atoms with Gasteiger partial charge in [0.1, 0.15) is 5.70 Å². The molecule has 0 fully saturated rings. The second-order valence-corrected chi connectivity index (χ2v) is 14.1. The number of rotatable bonds is 9. The number of hydrogen-bond donors (Lipinski definition) is 0. The smallest absolute Gasteiger partial charge is 0.355 e. The molecule has 4 aromatic rings. The lowest BCUT2D eigenvalue weighted by molar-refractivity contribution is -0.137. The number of esters is 1. The van der Waals surface area contributed by atoms with Gasteiger partial charge in [0.2, 0.25) is 0 Å². The molecule has 9 heteroatoms. The number of ether oxygens (including phenoxy) is 1. The number of sulfone groups is 1. The van der Waals surface area contributed by atoms with Crippen LogP contribution in [0.15, 0.2) is 106 Å². The summed E-state index contributed by atoms with van der Waals surface area (Å²) in [5, 5.41) is 1.62. The Bertz CT molecular complexity index is 1840. The fourth-order valence-electron chi connectivity index (χ4n) is 4.58. The number of aryl methyl sites for hydroxylation is 2. The lowest BCUT2D eigenvalue weighted by Crippen LogP contribution is -2.35. The maximum Gasteiger partial charge on any atom is 0.355 e. The number of sulfonamides is 1. The van der Waals surface area contributed by atoms with Crippen molar-refractivity contribution >= 4 is 36.6 Å². The third-order valence-corrected chi connectivity index (χ3v) is 10.3. The highest BCUT2D eigenvalue weighted by atomic mass is 32.2. The van der Waals surface area contributed by atoms with Crippen LogP contribution in [0.25, 0.3) is 10.8 Å². The number of methoxy groups -OCH3 is 1. The molecular formula is C32H33NO6S2. The number of carbonyl (C=O) groups excluding carboxylic acids is 1. The van der Waals surface area contributed by atoms with E-state index in [9.17, 15) is 21.6 Å². The van der Waals surface area contributed by atoms with E-state index in [1.165, 1.54) is 19.2 Å². The summed E-state index contributed by atoms with van der Waals surface area (Å²) in [5.41, 5.74) is 3.01. The monoisotopic (exact) mass is 591 g/mol. The molecule has 0 radical (unpaired) electrons. The highest BCUT2D eigenvalue weighted by molar-refractivity contribution is 7.90. The van der Waals surface area contributed by atoms with E-state index < -0.39 is 25.8 Å². The molecular weight excluding hydrogens is 558 g/mol. The summed E-state index contributed by atoms with van der Waals surface area (Å²) < 4.78 is 61.2. The first-order chi connectivity index (χ1) is 19.3. The van der Waals surface area contributed by atoms with Crippen LogP contribution in [0.5, 0.6) is 0 Å². The van der Waals surface area contributed by atoms with E-state index in [0.717, 1.165) is 26.2 Å². The van der Waals surface area contributed by atoms with Gasteiger partial charge in [-0.15, -0.1) is 0 Å². The van der Waals surface area contributed by atoms with Crippen LogP contribution in [0, 0.1) is 13.8 Å². The van der Waals surface area contributed by atoms with Crippen molar-refractivity contribution in [1.29, 1.82) is 0 Å². The maximum absolute atomic E-state index is 14.1. The van der Waals surface area contributed by atoms with Crippen molar-refractivity contribution < 1.29 is 26.4 Å². The van der Waals surface area contributed by atoms with Gasteiger partial charge in [-0.2, -0.15) is 0 Å². The number of nitrogens with zero attached hydrogens (tertiary/aromatic N) is 1. The largest absolute Gasteiger partial charge is 0.464 e. The first kappa shape index (κ1) is 30.0. The Morgan fingerprint density at radius 1 is 0.732 bits per heavy atom. The molecule has 0 aliphatic carbocycles. The number of allylic oxidation sites excluding steroid dienone is 1. The molecule has 0 saturated carbocycles. The van der Waals surface area contributed by atoms with Crippen LogP contribution in [-0.4, -0.2) is 34.2 Å². The molecule has 0 N–H and O–H groups in total. The third-order valence-electron chi connectivity index (χ3n) is 6.82. The summed E-state index contributed by atoms with van der Waals surface area (Å²) in [7, 11) is -6.85. The van der Waals surface area contributed by atoms with Crippen LogP contribution in [0.3, 0.4) is 0 Å². The van der Waals surface area contributed by atoms with Gasteiger partial charge < -0.3 is 4.74 Å². The van der Waals surface area contributed by atoms with Crippen LogP contribution >= 0.6 is 0 Å².